The van der Waals surface area contributed by atoms with Crippen LogP contribution in [0.3, 0.4) is 0 Å². The molecule has 108 valence electrons. The Morgan fingerprint density at radius 1 is 1.40 bits per heavy atom. The van der Waals surface area contributed by atoms with Crippen molar-refractivity contribution >= 4 is 12.2 Å². The molecule has 0 bridgehead atoms. The zero-order chi connectivity index (χ0) is 14.5. The number of nitrogens with one attached hydrogen (secondary N) is 2. The number of aromatic nitrogens is 3. The first-order valence-electron chi connectivity index (χ1n) is 6.76. The van der Waals surface area contributed by atoms with Crippen molar-refractivity contribution in [3.05, 3.63) is 40.4 Å². The number of hydrogen-bond donors (Lipinski definition) is 2. The Morgan fingerprint density at radius 2 is 2.15 bits per heavy atom. The molecule has 2 N–H and O–H groups in total. The molecule has 1 aromatic heterocycles. The Kier molecular flexibility index (Phi) is 4.79. The van der Waals surface area contributed by atoms with Crippen LogP contribution < -0.4 is 10.2 Å². The summed E-state index contributed by atoms with van der Waals surface area (Å²) in [6, 6.07) is 7.99. The van der Waals surface area contributed by atoms with E-state index in [-0.39, 0.29) is 6.10 Å². The van der Waals surface area contributed by atoms with Gasteiger partial charge in [-0.05, 0) is 32.1 Å². The molecule has 1 heterocycles. The molecule has 0 aliphatic rings. The van der Waals surface area contributed by atoms with E-state index in [9.17, 15) is 0 Å². The van der Waals surface area contributed by atoms with E-state index in [0.717, 1.165) is 23.6 Å². The average molecular weight is 292 g/mol. The van der Waals surface area contributed by atoms with Crippen LogP contribution in [0.15, 0.2) is 24.3 Å². The third-order valence-corrected chi connectivity index (χ3v) is 3.09. The number of nitrogens with zero attached hydrogens (tertiary/aromatic N) is 2. The number of rotatable bonds is 6. The number of benzene rings is 1. The summed E-state index contributed by atoms with van der Waals surface area (Å²) in [5.41, 5.74) is 4.37. The van der Waals surface area contributed by atoms with Gasteiger partial charge in [-0.15, -0.1) is 0 Å². The highest BCUT2D eigenvalue weighted by Crippen LogP contribution is 2.19. The van der Waals surface area contributed by atoms with E-state index in [1.807, 2.05) is 49.7 Å². The first-order chi connectivity index (χ1) is 9.61. The minimum absolute atomic E-state index is 0.151. The quantitative estimate of drug-likeness (QED) is 0.804. The molecule has 6 heteroatoms. The number of aryl methyl sites for hydroxylation is 1. The third kappa shape index (κ3) is 3.39. The van der Waals surface area contributed by atoms with E-state index < -0.39 is 0 Å². The van der Waals surface area contributed by atoms with Crippen LogP contribution in [0.5, 0.6) is 5.75 Å². The van der Waals surface area contributed by atoms with Crippen LogP contribution in [0.4, 0.5) is 0 Å². The normalized spacial score (nSPS) is 10.8. The van der Waals surface area contributed by atoms with E-state index in [1.165, 1.54) is 0 Å². The highest BCUT2D eigenvalue weighted by atomic mass is 32.1. The maximum absolute atomic E-state index is 5.80. The van der Waals surface area contributed by atoms with E-state index in [2.05, 4.69) is 15.6 Å². The van der Waals surface area contributed by atoms with Gasteiger partial charge < -0.3 is 10.2 Å². The fraction of sp³-hybridized carbons (Fsp3) is 0.429. The van der Waals surface area contributed by atoms with Gasteiger partial charge in [0.25, 0.3) is 0 Å². The standard InChI is InChI=1S/C14H20N4OS/c1-4-13-16-17-14(20)18(13)15-9-11-7-5-6-8-12(11)19-10(2)3/h5-8,10,15H,4,9H2,1-3H3,(H,17,20). The van der Waals surface area contributed by atoms with Crippen LogP contribution in [0.2, 0.25) is 0 Å². The molecule has 2 rings (SSSR count). The van der Waals surface area contributed by atoms with Crippen LogP contribution in [-0.4, -0.2) is 21.0 Å². The lowest BCUT2D eigenvalue weighted by Gasteiger charge is -2.15. The molecule has 0 aliphatic heterocycles. The summed E-state index contributed by atoms with van der Waals surface area (Å²) < 4.78 is 8.18. The zero-order valence-electron chi connectivity index (χ0n) is 12.0. The van der Waals surface area contributed by atoms with Crippen LogP contribution in [-0.2, 0) is 13.0 Å². The largest absolute Gasteiger partial charge is 0.491 e. The summed E-state index contributed by atoms with van der Waals surface area (Å²) in [4.78, 5) is 0. The second-order valence-electron chi connectivity index (χ2n) is 4.74. The lowest BCUT2D eigenvalue weighted by molar-refractivity contribution is 0.240. The summed E-state index contributed by atoms with van der Waals surface area (Å²) in [6.07, 6.45) is 0.961. The van der Waals surface area contributed by atoms with E-state index >= 15 is 0 Å². The van der Waals surface area contributed by atoms with Crippen molar-refractivity contribution in [2.45, 2.75) is 39.8 Å². The Labute approximate surface area is 123 Å². The molecule has 0 atom stereocenters. The van der Waals surface area contributed by atoms with Gasteiger partial charge >= 0.3 is 0 Å². The molecular formula is C14H20N4OS. The fourth-order valence-corrected chi connectivity index (χ4v) is 2.13. The Hall–Kier alpha value is -1.82. The Balaban J connectivity index is 2.14. The molecule has 20 heavy (non-hydrogen) atoms. The first-order valence-corrected chi connectivity index (χ1v) is 7.17. The minimum Gasteiger partial charge on any atom is -0.491 e. The summed E-state index contributed by atoms with van der Waals surface area (Å²) >= 11 is 5.21. The maximum Gasteiger partial charge on any atom is 0.214 e. The number of hydrogen-bond acceptors (Lipinski definition) is 4. The molecule has 0 radical (unpaired) electrons. The first kappa shape index (κ1) is 14.6. The fourth-order valence-electron chi connectivity index (χ4n) is 1.91. The van der Waals surface area contributed by atoms with E-state index in [4.69, 9.17) is 17.0 Å². The summed E-state index contributed by atoms with van der Waals surface area (Å²) in [5.74, 6) is 1.78. The van der Waals surface area contributed by atoms with Crippen LogP contribution in [0, 0.1) is 4.77 Å². The molecule has 0 saturated heterocycles. The summed E-state index contributed by atoms with van der Waals surface area (Å²) in [6.45, 7) is 6.71. The van der Waals surface area contributed by atoms with Crippen molar-refractivity contribution in [3.63, 3.8) is 0 Å². The minimum atomic E-state index is 0.151. The SMILES string of the molecule is CCc1n[nH]c(=S)n1NCc1ccccc1OC(C)C. The number of aromatic amines is 1. The van der Waals surface area contributed by atoms with Gasteiger partial charge in [0.1, 0.15) is 5.75 Å². The van der Waals surface area contributed by atoms with Gasteiger partial charge in [-0.2, -0.15) is 5.10 Å². The second-order valence-corrected chi connectivity index (χ2v) is 5.13. The van der Waals surface area contributed by atoms with Crippen LogP contribution in [0.25, 0.3) is 0 Å². The van der Waals surface area contributed by atoms with Crippen molar-refractivity contribution in [2.75, 3.05) is 5.43 Å². The average Bonchev–Trinajstić information content (AvgIpc) is 2.78. The molecular weight excluding hydrogens is 272 g/mol. The highest BCUT2D eigenvalue weighted by Gasteiger charge is 2.07. The van der Waals surface area contributed by atoms with Gasteiger partial charge in [0, 0.05) is 12.0 Å². The molecule has 0 amide bonds. The summed E-state index contributed by atoms with van der Waals surface area (Å²) in [7, 11) is 0. The molecule has 5 nitrogen and oxygen atoms in total. The predicted octanol–water partition coefficient (Wildman–Crippen LogP) is 3.03. The molecule has 0 fully saturated rings. The van der Waals surface area contributed by atoms with Gasteiger partial charge in [-0.25, -0.2) is 4.68 Å². The number of para-hydroxylation sites is 1. The van der Waals surface area contributed by atoms with Crippen molar-refractivity contribution in [1.82, 2.24) is 14.9 Å². The maximum atomic E-state index is 5.80. The number of H-pyrrole nitrogens is 1. The smallest absolute Gasteiger partial charge is 0.214 e. The third-order valence-electron chi connectivity index (χ3n) is 2.82. The number of ether oxygens (including phenoxy) is 1. The molecule has 0 spiro atoms. The van der Waals surface area contributed by atoms with Crippen molar-refractivity contribution in [1.29, 1.82) is 0 Å². The molecule has 0 saturated carbocycles. The van der Waals surface area contributed by atoms with E-state index in [1.54, 1.807) is 0 Å². The van der Waals surface area contributed by atoms with Gasteiger partial charge in [0.15, 0.2) is 5.82 Å². The monoisotopic (exact) mass is 292 g/mol. The molecule has 0 aliphatic carbocycles. The molecule has 1 aromatic carbocycles. The lowest BCUT2D eigenvalue weighted by atomic mass is 10.2. The van der Waals surface area contributed by atoms with Crippen molar-refractivity contribution < 1.29 is 4.74 Å². The Bertz CT molecular complexity index is 618. The van der Waals surface area contributed by atoms with Crippen molar-refractivity contribution in [2.24, 2.45) is 0 Å². The zero-order valence-corrected chi connectivity index (χ0v) is 12.8. The topological polar surface area (TPSA) is 54.9 Å². The lowest BCUT2D eigenvalue weighted by Crippen LogP contribution is -2.18. The molecule has 0 unspecified atom stereocenters. The molecule has 2 aromatic rings. The van der Waals surface area contributed by atoms with E-state index in [0.29, 0.717) is 11.3 Å². The predicted molar refractivity (Wildman–Crippen MR) is 82.1 cm³/mol. The van der Waals surface area contributed by atoms with Gasteiger partial charge in [-0.1, -0.05) is 25.1 Å². The van der Waals surface area contributed by atoms with Gasteiger partial charge in [0.2, 0.25) is 4.77 Å². The highest BCUT2D eigenvalue weighted by molar-refractivity contribution is 7.71. The van der Waals surface area contributed by atoms with Gasteiger partial charge in [-0.3, -0.25) is 5.10 Å². The van der Waals surface area contributed by atoms with Gasteiger partial charge in [0.05, 0.1) is 12.6 Å². The summed E-state index contributed by atoms with van der Waals surface area (Å²) in [5, 5.41) is 6.96. The van der Waals surface area contributed by atoms with Crippen LogP contribution >= 0.6 is 12.2 Å². The van der Waals surface area contributed by atoms with Crippen molar-refractivity contribution in [3.8, 4) is 5.75 Å². The second kappa shape index (κ2) is 6.56. The Morgan fingerprint density at radius 3 is 2.85 bits per heavy atom. The van der Waals surface area contributed by atoms with Crippen LogP contribution in [0.1, 0.15) is 32.2 Å².